The monoisotopic (exact) mass is 299 g/mol. The second-order valence-corrected chi connectivity index (χ2v) is 4.81. The van der Waals surface area contributed by atoms with E-state index in [4.69, 9.17) is 4.74 Å². The summed E-state index contributed by atoms with van der Waals surface area (Å²) in [5.41, 5.74) is 4.52. The molecule has 2 aromatic rings. The van der Waals surface area contributed by atoms with Crippen LogP contribution in [0.1, 0.15) is 22.1 Å². The maximum Gasteiger partial charge on any atom is 0.340 e. The van der Waals surface area contributed by atoms with Gasteiger partial charge in [0.05, 0.1) is 10.5 Å². The summed E-state index contributed by atoms with van der Waals surface area (Å²) in [5, 5.41) is 12.6. The van der Waals surface area contributed by atoms with Crippen molar-refractivity contribution in [2.75, 3.05) is 12.1 Å². The van der Waals surface area contributed by atoms with Gasteiger partial charge >= 0.3 is 5.97 Å². The van der Waals surface area contributed by atoms with Gasteiger partial charge in [-0.2, -0.15) is 5.43 Å². The molecule has 0 saturated carbocycles. The van der Waals surface area contributed by atoms with E-state index in [0.29, 0.717) is 16.8 Å². The van der Waals surface area contributed by atoms with Gasteiger partial charge in [0.15, 0.2) is 6.23 Å². The Morgan fingerprint density at radius 3 is 2.64 bits per heavy atom. The first-order valence-electron chi connectivity index (χ1n) is 6.61. The molecule has 0 fully saturated rings. The summed E-state index contributed by atoms with van der Waals surface area (Å²) in [5.74, 6) is -0.413. The number of esters is 1. The number of cyclic esters (lactones) is 1. The van der Waals surface area contributed by atoms with E-state index in [-0.39, 0.29) is 5.69 Å². The number of carbonyl (C=O) groups is 1. The maximum atomic E-state index is 11.8. The molecule has 22 heavy (non-hydrogen) atoms. The van der Waals surface area contributed by atoms with Gasteiger partial charge in [-0.05, 0) is 12.1 Å². The van der Waals surface area contributed by atoms with Crippen molar-refractivity contribution in [3.63, 3.8) is 0 Å². The molecule has 7 heteroatoms. The van der Waals surface area contributed by atoms with Crippen molar-refractivity contribution >= 4 is 17.3 Å². The normalized spacial score (nSPS) is 16.0. The van der Waals surface area contributed by atoms with Crippen LogP contribution < -0.4 is 10.4 Å². The quantitative estimate of drug-likeness (QED) is 0.530. The van der Waals surface area contributed by atoms with Gasteiger partial charge in [-0.1, -0.05) is 30.3 Å². The molecule has 1 aliphatic heterocycles. The van der Waals surface area contributed by atoms with Gasteiger partial charge in [-0.25, -0.2) is 4.79 Å². The van der Waals surface area contributed by atoms with E-state index in [2.05, 4.69) is 5.43 Å². The third-order valence-electron chi connectivity index (χ3n) is 3.44. The molecule has 0 radical (unpaired) electrons. The van der Waals surface area contributed by atoms with E-state index >= 15 is 0 Å². The van der Waals surface area contributed by atoms with E-state index in [0.717, 1.165) is 0 Å². The zero-order valence-corrected chi connectivity index (χ0v) is 11.7. The Balaban J connectivity index is 1.86. The van der Waals surface area contributed by atoms with Crippen molar-refractivity contribution in [1.82, 2.24) is 5.43 Å². The van der Waals surface area contributed by atoms with Gasteiger partial charge < -0.3 is 9.75 Å². The molecule has 0 spiro atoms. The average Bonchev–Trinajstić information content (AvgIpc) is 2.84. The molecule has 0 aliphatic carbocycles. The first-order valence-corrected chi connectivity index (χ1v) is 6.61. The molecular formula is C15H13N3O4. The van der Waals surface area contributed by atoms with E-state index in [1.54, 1.807) is 49.5 Å². The maximum absolute atomic E-state index is 11.8. The molecule has 3 rings (SSSR count). The topological polar surface area (TPSA) is 84.7 Å². The number of nitro groups is 1. The molecule has 1 N–H and O–H groups in total. The average molecular weight is 299 g/mol. The summed E-state index contributed by atoms with van der Waals surface area (Å²) in [6, 6.07) is 13.4. The van der Waals surface area contributed by atoms with Crippen LogP contribution in [-0.2, 0) is 4.74 Å². The van der Waals surface area contributed by atoms with Crippen LogP contribution in [-0.4, -0.2) is 17.9 Å². The van der Waals surface area contributed by atoms with E-state index in [9.17, 15) is 14.9 Å². The molecule has 0 aromatic heterocycles. The SMILES string of the molecule is CN(N[C@H]1OC(=O)c2ccccc21)c1ccccc1[N+](=O)[O-]. The Morgan fingerprint density at radius 1 is 1.18 bits per heavy atom. The van der Waals surface area contributed by atoms with Crippen molar-refractivity contribution in [3.8, 4) is 0 Å². The van der Waals surface area contributed by atoms with Gasteiger partial charge in [0, 0.05) is 18.7 Å². The van der Waals surface area contributed by atoms with Gasteiger partial charge in [0.1, 0.15) is 5.69 Å². The van der Waals surface area contributed by atoms with E-state index in [1.807, 2.05) is 0 Å². The summed E-state index contributed by atoms with van der Waals surface area (Å²) < 4.78 is 5.26. The molecule has 0 unspecified atom stereocenters. The van der Waals surface area contributed by atoms with Crippen LogP contribution in [0.4, 0.5) is 11.4 Å². The number of hydrogen-bond acceptors (Lipinski definition) is 6. The highest BCUT2D eigenvalue weighted by Gasteiger charge is 2.32. The Kier molecular flexibility index (Phi) is 3.48. The highest BCUT2D eigenvalue weighted by atomic mass is 16.6. The predicted molar refractivity (Wildman–Crippen MR) is 79.2 cm³/mol. The van der Waals surface area contributed by atoms with Crippen LogP contribution in [0.3, 0.4) is 0 Å². The lowest BCUT2D eigenvalue weighted by Gasteiger charge is -2.24. The second kappa shape index (κ2) is 5.45. The Morgan fingerprint density at radius 2 is 1.86 bits per heavy atom. The molecule has 7 nitrogen and oxygen atoms in total. The molecule has 0 amide bonds. The number of nitrogens with one attached hydrogen (secondary N) is 1. The van der Waals surface area contributed by atoms with Crippen molar-refractivity contribution in [2.45, 2.75) is 6.23 Å². The lowest BCUT2D eigenvalue weighted by molar-refractivity contribution is -0.384. The van der Waals surface area contributed by atoms with Crippen LogP contribution in [0.5, 0.6) is 0 Å². The van der Waals surface area contributed by atoms with E-state index < -0.39 is 17.1 Å². The summed E-state index contributed by atoms with van der Waals surface area (Å²) in [7, 11) is 1.64. The Hall–Kier alpha value is -2.93. The zero-order chi connectivity index (χ0) is 15.7. The second-order valence-electron chi connectivity index (χ2n) is 4.81. The highest BCUT2D eigenvalue weighted by Crippen LogP contribution is 2.31. The molecule has 112 valence electrons. The number of nitro benzene ring substituents is 1. The van der Waals surface area contributed by atoms with Crippen molar-refractivity contribution < 1.29 is 14.5 Å². The molecule has 1 heterocycles. The fraction of sp³-hybridized carbons (Fsp3) is 0.133. The first-order chi connectivity index (χ1) is 10.6. The summed E-state index contributed by atoms with van der Waals surface area (Å²) >= 11 is 0. The minimum Gasteiger partial charge on any atom is -0.437 e. The molecule has 1 atom stereocenters. The number of benzene rings is 2. The van der Waals surface area contributed by atoms with Crippen LogP contribution in [0.25, 0.3) is 0 Å². The highest BCUT2D eigenvalue weighted by molar-refractivity contribution is 5.93. The Bertz CT molecular complexity index is 747. The minimum atomic E-state index is -0.673. The number of hydrazine groups is 1. The van der Waals surface area contributed by atoms with Crippen molar-refractivity contribution in [3.05, 3.63) is 69.8 Å². The molecular weight excluding hydrogens is 286 g/mol. The lowest BCUT2D eigenvalue weighted by Crippen LogP contribution is -2.38. The zero-order valence-electron chi connectivity index (χ0n) is 11.7. The van der Waals surface area contributed by atoms with Crippen molar-refractivity contribution in [1.29, 1.82) is 0 Å². The van der Waals surface area contributed by atoms with Gasteiger partial charge in [0.2, 0.25) is 0 Å². The number of hydrogen-bond donors (Lipinski definition) is 1. The molecule has 0 bridgehead atoms. The lowest BCUT2D eigenvalue weighted by atomic mass is 10.1. The smallest absolute Gasteiger partial charge is 0.340 e. The number of ether oxygens (including phenoxy) is 1. The molecule has 0 saturated heterocycles. The molecule has 2 aromatic carbocycles. The third kappa shape index (κ3) is 2.38. The number of carbonyl (C=O) groups excluding carboxylic acids is 1. The van der Waals surface area contributed by atoms with Crippen LogP contribution in [0, 0.1) is 10.1 Å². The number of nitrogens with zero attached hydrogens (tertiary/aromatic N) is 2. The van der Waals surface area contributed by atoms with Gasteiger partial charge in [0.25, 0.3) is 5.69 Å². The third-order valence-corrected chi connectivity index (χ3v) is 3.44. The number of para-hydroxylation sites is 2. The fourth-order valence-corrected chi connectivity index (χ4v) is 2.39. The molecule has 1 aliphatic rings. The van der Waals surface area contributed by atoms with Crippen LogP contribution >= 0.6 is 0 Å². The number of rotatable bonds is 4. The number of fused-ring (bicyclic) bond motifs is 1. The Labute approximate surface area is 126 Å². The largest absolute Gasteiger partial charge is 0.437 e. The van der Waals surface area contributed by atoms with Crippen molar-refractivity contribution in [2.24, 2.45) is 0 Å². The van der Waals surface area contributed by atoms with Crippen LogP contribution in [0.2, 0.25) is 0 Å². The number of anilines is 1. The summed E-state index contributed by atoms with van der Waals surface area (Å²) in [6.07, 6.45) is -0.673. The minimum absolute atomic E-state index is 0.0323. The first kappa shape index (κ1) is 14.0. The summed E-state index contributed by atoms with van der Waals surface area (Å²) in [6.45, 7) is 0. The fourth-order valence-electron chi connectivity index (χ4n) is 2.39. The van der Waals surface area contributed by atoms with Crippen LogP contribution in [0.15, 0.2) is 48.5 Å². The van der Waals surface area contributed by atoms with Gasteiger partial charge in [-0.3, -0.25) is 10.1 Å². The predicted octanol–water partition coefficient (Wildman–Crippen LogP) is 2.40. The summed E-state index contributed by atoms with van der Waals surface area (Å²) in [4.78, 5) is 22.4. The van der Waals surface area contributed by atoms with E-state index in [1.165, 1.54) is 11.1 Å². The van der Waals surface area contributed by atoms with Gasteiger partial charge in [-0.15, -0.1) is 0 Å². The standard InChI is InChI=1S/C15H13N3O4/c1-17(12-8-4-5-9-13(12)18(20)21)16-14-10-6-2-3-7-11(10)15(19)22-14/h2-9,14,16H,1H3/t14-/m0/s1.